The molecule has 8 rings (SSSR count). The van der Waals surface area contributed by atoms with E-state index in [1.165, 1.54) is 0 Å². The second-order valence-corrected chi connectivity index (χ2v) is 16.1. The van der Waals surface area contributed by atoms with Gasteiger partial charge in [0.1, 0.15) is 0 Å². The third kappa shape index (κ3) is 10.3. The Balaban J connectivity index is 0.880. The minimum Gasteiger partial charge on any atom is -0.397 e. The molecule has 0 aliphatic carbocycles. The Hall–Kier alpha value is -6.05. The Morgan fingerprint density at radius 1 is 0.787 bits per heavy atom. The fraction of sp³-hybridized carbons (Fsp3) is 0.327. The van der Waals surface area contributed by atoms with Crippen LogP contribution in [0.1, 0.15) is 85.6 Å². The lowest BCUT2D eigenvalue weighted by Crippen LogP contribution is -2.43. The number of amides is 2. The van der Waals surface area contributed by atoms with Gasteiger partial charge in [0, 0.05) is 57.0 Å². The molecule has 0 saturated carbocycles. The molecule has 2 amide bonds. The van der Waals surface area contributed by atoms with E-state index in [1.54, 1.807) is 12.1 Å². The van der Waals surface area contributed by atoms with E-state index in [0.717, 1.165) is 76.9 Å². The molecule has 0 radical (unpaired) electrons. The van der Waals surface area contributed by atoms with Crippen LogP contribution in [0.4, 0.5) is 11.4 Å². The van der Waals surface area contributed by atoms with E-state index in [-0.39, 0.29) is 42.4 Å². The molecular formula is C49H54N6O6. The predicted octanol–water partition coefficient (Wildman–Crippen LogP) is 7.77. The average molecular weight is 823 g/mol. The number of likely N-dealkylation sites (tertiary alicyclic amines) is 1. The van der Waals surface area contributed by atoms with Crippen LogP contribution in [-0.2, 0) is 32.2 Å². The first kappa shape index (κ1) is 41.7. The number of aliphatic hydroxyl groups is 1. The first-order valence-electron chi connectivity index (χ1n) is 21.3. The standard InChI is InChI=1S/C49H54N6O6/c50-41-11-3-4-12-42(41)52-47(58)16-8-7-15-46(57)51-30-37-9-1-2-10-40(37)34-21-23-36(24-22-34)48-60-39(29-45(61-48)35-19-17-33(32-56)18-20-35)31-54-27-25-38(26-28-54)55-44-14-6-5-13-43(44)53-49(55)59/h1-6,9-14,17-24,38-39,45,48,56H,7-8,15-16,25-32,50H2,(H,51,57)(H,52,58)(H,53,59)/t39-,45+,48+/m0/s1. The normalized spacial score (nSPS) is 18.5. The zero-order chi connectivity index (χ0) is 42.1. The predicted molar refractivity (Wildman–Crippen MR) is 237 cm³/mol. The number of benzene rings is 5. The Morgan fingerprint density at radius 3 is 2.25 bits per heavy atom. The number of carbonyl (C=O) groups is 2. The van der Waals surface area contributed by atoms with Crippen molar-refractivity contribution < 1.29 is 24.2 Å². The second kappa shape index (κ2) is 19.6. The number of aliphatic hydroxyl groups excluding tert-OH is 1. The number of piperidine rings is 1. The minimum absolute atomic E-state index is 0.0172. The van der Waals surface area contributed by atoms with Crippen molar-refractivity contribution in [1.29, 1.82) is 0 Å². The Kier molecular flexibility index (Phi) is 13.4. The van der Waals surface area contributed by atoms with E-state index in [0.29, 0.717) is 50.0 Å². The lowest BCUT2D eigenvalue weighted by Gasteiger charge is -2.40. The number of para-hydroxylation sites is 4. The van der Waals surface area contributed by atoms with Crippen LogP contribution in [0, 0.1) is 0 Å². The summed E-state index contributed by atoms with van der Waals surface area (Å²) < 4.78 is 15.3. The van der Waals surface area contributed by atoms with Crippen LogP contribution in [-0.4, -0.2) is 57.1 Å². The highest BCUT2D eigenvalue weighted by Crippen LogP contribution is 2.39. The summed E-state index contributed by atoms with van der Waals surface area (Å²) in [5.41, 5.74) is 14.7. The SMILES string of the molecule is Nc1ccccc1NC(=O)CCCCC(=O)NCc1ccccc1-c1ccc([C@@H]2O[C@H](CN3CCC(n4c(=O)[nH]c5ccccc54)CC3)C[C@H](c3ccc(CO)cc3)O2)cc1. The number of fused-ring (bicyclic) bond motifs is 1. The van der Waals surface area contributed by atoms with Crippen LogP contribution in [0.15, 0.2) is 126 Å². The molecule has 2 aliphatic heterocycles. The van der Waals surface area contributed by atoms with Crippen molar-refractivity contribution in [1.82, 2.24) is 19.8 Å². The summed E-state index contributed by atoms with van der Waals surface area (Å²) in [6.07, 6.45) is 3.39. The Morgan fingerprint density at radius 2 is 1.48 bits per heavy atom. The molecule has 2 aliphatic rings. The molecule has 3 atom stereocenters. The summed E-state index contributed by atoms with van der Waals surface area (Å²) in [6, 6.07) is 39.4. The number of H-pyrrole nitrogens is 1. The zero-order valence-corrected chi connectivity index (χ0v) is 34.3. The number of anilines is 2. The van der Waals surface area contributed by atoms with E-state index in [1.807, 2.05) is 83.4 Å². The maximum absolute atomic E-state index is 12.9. The van der Waals surface area contributed by atoms with Crippen LogP contribution in [0.5, 0.6) is 0 Å². The highest BCUT2D eigenvalue weighted by atomic mass is 16.7. The molecule has 2 fully saturated rings. The van der Waals surface area contributed by atoms with Gasteiger partial charge in [0.15, 0.2) is 6.29 Å². The van der Waals surface area contributed by atoms with Gasteiger partial charge >= 0.3 is 5.69 Å². The lowest BCUT2D eigenvalue weighted by atomic mass is 9.97. The summed E-state index contributed by atoms with van der Waals surface area (Å²) in [5, 5.41) is 15.6. The monoisotopic (exact) mass is 822 g/mol. The van der Waals surface area contributed by atoms with Gasteiger partial charge in [-0.3, -0.25) is 14.2 Å². The maximum atomic E-state index is 12.9. The van der Waals surface area contributed by atoms with Crippen molar-refractivity contribution in [2.45, 2.75) is 82.6 Å². The molecule has 2 saturated heterocycles. The molecule has 3 heterocycles. The van der Waals surface area contributed by atoms with Crippen molar-refractivity contribution in [3.05, 3.63) is 154 Å². The van der Waals surface area contributed by atoms with Crippen LogP contribution in [0.3, 0.4) is 0 Å². The topological polar surface area (TPSA) is 164 Å². The summed E-state index contributed by atoms with van der Waals surface area (Å²) in [7, 11) is 0. The lowest BCUT2D eigenvalue weighted by molar-refractivity contribution is -0.253. The van der Waals surface area contributed by atoms with Crippen LogP contribution >= 0.6 is 0 Å². The number of nitrogens with one attached hydrogen (secondary N) is 3. The van der Waals surface area contributed by atoms with Crippen molar-refractivity contribution in [2.75, 3.05) is 30.7 Å². The van der Waals surface area contributed by atoms with Crippen molar-refractivity contribution in [3.8, 4) is 11.1 Å². The second-order valence-electron chi connectivity index (χ2n) is 16.1. The highest BCUT2D eigenvalue weighted by Gasteiger charge is 2.34. The van der Waals surface area contributed by atoms with Crippen LogP contribution in [0.25, 0.3) is 22.2 Å². The largest absolute Gasteiger partial charge is 0.397 e. The van der Waals surface area contributed by atoms with E-state index in [9.17, 15) is 19.5 Å². The average Bonchev–Trinajstić information content (AvgIpc) is 3.63. The quantitative estimate of drug-likeness (QED) is 0.0518. The number of nitrogens with two attached hydrogens (primary N) is 1. The number of aromatic nitrogens is 2. The third-order valence-electron chi connectivity index (χ3n) is 11.9. The number of ether oxygens (including phenoxy) is 2. The van der Waals surface area contributed by atoms with E-state index >= 15 is 0 Å². The number of hydrogen-bond acceptors (Lipinski definition) is 8. The van der Waals surface area contributed by atoms with Gasteiger partial charge in [-0.05, 0) is 77.8 Å². The Bertz CT molecular complexity index is 2470. The fourth-order valence-electron chi connectivity index (χ4n) is 8.57. The van der Waals surface area contributed by atoms with Gasteiger partial charge in [-0.2, -0.15) is 0 Å². The van der Waals surface area contributed by atoms with Crippen LogP contribution in [0.2, 0.25) is 0 Å². The van der Waals surface area contributed by atoms with Gasteiger partial charge in [0.25, 0.3) is 0 Å². The molecule has 0 bridgehead atoms. The smallest absolute Gasteiger partial charge is 0.326 e. The van der Waals surface area contributed by atoms with Crippen LogP contribution < -0.4 is 22.1 Å². The zero-order valence-electron chi connectivity index (χ0n) is 34.3. The first-order chi connectivity index (χ1) is 29.8. The molecule has 5 aromatic carbocycles. The van der Waals surface area contributed by atoms with E-state index in [4.69, 9.17) is 15.2 Å². The summed E-state index contributed by atoms with van der Waals surface area (Å²) in [6.45, 7) is 2.83. The number of unbranched alkanes of at least 4 members (excludes halogenated alkanes) is 1. The van der Waals surface area contributed by atoms with Crippen molar-refractivity contribution in [2.24, 2.45) is 0 Å². The van der Waals surface area contributed by atoms with Gasteiger partial charge in [0.2, 0.25) is 11.8 Å². The minimum atomic E-state index is -0.588. The number of rotatable bonds is 15. The Labute approximate surface area is 355 Å². The van der Waals surface area contributed by atoms with Gasteiger partial charge < -0.3 is 40.8 Å². The first-order valence-corrected chi connectivity index (χ1v) is 21.3. The van der Waals surface area contributed by atoms with E-state index in [2.05, 4.69) is 50.8 Å². The molecule has 12 heteroatoms. The van der Waals surface area contributed by atoms with E-state index < -0.39 is 6.29 Å². The number of carbonyl (C=O) groups excluding carboxylic acids is 2. The van der Waals surface area contributed by atoms with Gasteiger partial charge in [0.05, 0.1) is 41.2 Å². The summed E-state index contributed by atoms with van der Waals surface area (Å²) >= 11 is 0. The molecule has 6 aromatic rings. The van der Waals surface area contributed by atoms with Gasteiger partial charge in [-0.1, -0.05) is 97.1 Å². The van der Waals surface area contributed by atoms with Gasteiger partial charge in [-0.25, -0.2) is 4.79 Å². The number of imidazole rings is 1. The summed E-state index contributed by atoms with van der Waals surface area (Å²) in [4.78, 5) is 43.5. The molecule has 61 heavy (non-hydrogen) atoms. The molecule has 0 unspecified atom stereocenters. The molecule has 1 aromatic heterocycles. The number of nitrogens with zero attached hydrogens (tertiary/aromatic N) is 2. The van der Waals surface area contributed by atoms with Crippen molar-refractivity contribution >= 4 is 34.2 Å². The molecule has 0 spiro atoms. The summed E-state index contributed by atoms with van der Waals surface area (Å²) in [5.74, 6) is -0.184. The molecule has 12 nitrogen and oxygen atoms in total. The highest BCUT2D eigenvalue weighted by molar-refractivity contribution is 5.93. The number of hydrogen-bond donors (Lipinski definition) is 5. The third-order valence-corrected chi connectivity index (χ3v) is 11.9. The number of nitrogen functional groups attached to an aromatic ring is 1. The number of aromatic amines is 1. The maximum Gasteiger partial charge on any atom is 0.326 e. The molecular weight excluding hydrogens is 769 g/mol. The van der Waals surface area contributed by atoms with Gasteiger partial charge in [-0.15, -0.1) is 0 Å². The molecule has 316 valence electrons. The van der Waals surface area contributed by atoms with Crippen molar-refractivity contribution in [3.63, 3.8) is 0 Å². The molecule has 6 N–H and O–H groups in total. The fourth-order valence-corrected chi connectivity index (χ4v) is 8.57.